The number of aromatic nitrogens is 1. The molecule has 0 bridgehead atoms. The number of anilines is 1. The zero-order valence-electron chi connectivity index (χ0n) is 11.7. The highest BCUT2D eigenvalue weighted by molar-refractivity contribution is 8.00. The number of rotatable bonds is 3. The second kappa shape index (κ2) is 5.93. The summed E-state index contributed by atoms with van der Waals surface area (Å²) in [6.07, 6.45) is 2.00. The van der Waals surface area contributed by atoms with Crippen molar-refractivity contribution in [3.05, 3.63) is 23.9 Å². The van der Waals surface area contributed by atoms with E-state index in [-0.39, 0.29) is 0 Å². The maximum absolute atomic E-state index is 4.63. The van der Waals surface area contributed by atoms with Crippen molar-refractivity contribution in [1.82, 2.24) is 10.3 Å². The molecule has 0 aromatic carbocycles. The second-order valence-corrected chi connectivity index (χ2v) is 6.46. The molecule has 100 valence electrons. The van der Waals surface area contributed by atoms with Gasteiger partial charge in [0.05, 0.1) is 0 Å². The minimum atomic E-state index is 0.361. The third-order valence-electron chi connectivity index (χ3n) is 3.88. The fraction of sp³-hybridized carbons (Fsp3) is 0.643. The van der Waals surface area contributed by atoms with E-state index in [1.165, 1.54) is 11.3 Å². The Hall–Kier alpha value is -0.740. The van der Waals surface area contributed by atoms with Gasteiger partial charge in [0.2, 0.25) is 0 Å². The molecule has 0 aliphatic carbocycles. The lowest BCUT2D eigenvalue weighted by molar-refractivity contribution is 0.617. The summed E-state index contributed by atoms with van der Waals surface area (Å²) in [5, 5.41) is 3.92. The maximum atomic E-state index is 4.63. The molecular weight excluding hydrogens is 242 g/mol. The van der Waals surface area contributed by atoms with Crippen LogP contribution >= 0.6 is 11.8 Å². The average molecular weight is 265 g/mol. The standard InChI is InChI=1S/C14H23N3S/c1-10(15-4)13-5-6-14(16-9-13)17-7-8-18-12(3)11(17)2/h5-6,9-12,15H,7-8H2,1-4H3. The third-order valence-corrected chi connectivity index (χ3v) is 5.22. The van der Waals surface area contributed by atoms with Gasteiger partial charge >= 0.3 is 0 Å². The van der Waals surface area contributed by atoms with Gasteiger partial charge in [0.1, 0.15) is 5.82 Å². The molecular formula is C14H23N3S. The Morgan fingerprint density at radius 2 is 2.22 bits per heavy atom. The lowest BCUT2D eigenvalue weighted by atomic mass is 10.1. The molecule has 0 amide bonds. The van der Waals surface area contributed by atoms with E-state index in [1.807, 2.05) is 13.2 Å². The van der Waals surface area contributed by atoms with Crippen LogP contribution in [0.5, 0.6) is 0 Å². The van der Waals surface area contributed by atoms with Gasteiger partial charge in [-0.2, -0.15) is 11.8 Å². The molecule has 1 N–H and O–H groups in total. The summed E-state index contributed by atoms with van der Waals surface area (Å²) in [4.78, 5) is 7.06. The van der Waals surface area contributed by atoms with Crippen molar-refractivity contribution in [2.24, 2.45) is 0 Å². The van der Waals surface area contributed by atoms with Crippen molar-refractivity contribution in [1.29, 1.82) is 0 Å². The van der Waals surface area contributed by atoms with Gasteiger partial charge in [0.25, 0.3) is 0 Å². The lowest BCUT2D eigenvalue weighted by Crippen LogP contribution is -2.45. The fourth-order valence-electron chi connectivity index (χ4n) is 2.25. The first-order chi connectivity index (χ1) is 8.63. The normalized spacial score (nSPS) is 26.1. The van der Waals surface area contributed by atoms with E-state index in [9.17, 15) is 0 Å². The van der Waals surface area contributed by atoms with Crippen LogP contribution < -0.4 is 10.2 Å². The van der Waals surface area contributed by atoms with Crippen molar-refractivity contribution in [2.75, 3.05) is 24.2 Å². The predicted molar refractivity (Wildman–Crippen MR) is 80.4 cm³/mol. The third kappa shape index (κ3) is 2.81. The van der Waals surface area contributed by atoms with Crippen LogP contribution in [0.15, 0.2) is 18.3 Å². The van der Waals surface area contributed by atoms with E-state index in [0.717, 1.165) is 12.4 Å². The quantitative estimate of drug-likeness (QED) is 0.909. The largest absolute Gasteiger partial charge is 0.352 e. The van der Waals surface area contributed by atoms with Gasteiger partial charge in [-0.15, -0.1) is 0 Å². The van der Waals surface area contributed by atoms with Crippen LogP contribution in [0.3, 0.4) is 0 Å². The Morgan fingerprint density at radius 1 is 1.44 bits per heavy atom. The molecule has 1 saturated heterocycles. The highest BCUT2D eigenvalue weighted by atomic mass is 32.2. The summed E-state index contributed by atoms with van der Waals surface area (Å²) in [6.45, 7) is 7.85. The van der Waals surface area contributed by atoms with Crippen molar-refractivity contribution >= 4 is 17.6 Å². The summed E-state index contributed by atoms with van der Waals surface area (Å²) in [5.74, 6) is 2.31. The summed E-state index contributed by atoms with van der Waals surface area (Å²) in [5.41, 5.74) is 1.24. The van der Waals surface area contributed by atoms with Crippen molar-refractivity contribution in [3.63, 3.8) is 0 Å². The summed E-state index contributed by atoms with van der Waals surface area (Å²) in [7, 11) is 1.98. The smallest absolute Gasteiger partial charge is 0.128 e. The van der Waals surface area contributed by atoms with Gasteiger partial charge < -0.3 is 10.2 Å². The molecule has 0 radical (unpaired) electrons. The zero-order chi connectivity index (χ0) is 13.1. The van der Waals surface area contributed by atoms with E-state index in [2.05, 4.69) is 59.9 Å². The van der Waals surface area contributed by atoms with Gasteiger partial charge in [-0.05, 0) is 32.5 Å². The maximum Gasteiger partial charge on any atom is 0.128 e. The number of thioether (sulfide) groups is 1. The zero-order valence-corrected chi connectivity index (χ0v) is 12.5. The van der Waals surface area contributed by atoms with Gasteiger partial charge in [0.15, 0.2) is 0 Å². The number of hydrogen-bond donors (Lipinski definition) is 1. The van der Waals surface area contributed by atoms with Crippen molar-refractivity contribution in [3.8, 4) is 0 Å². The van der Waals surface area contributed by atoms with E-state index in [1.54, 1.807) is 0 Å². The van der Waals surface area contributed by atoms with Crippen molar-refractivity contribution < 1.29 is 0 Å². The minimum Gasteiger partial charge on any atom is -0.352 e. The minimum absolute atomic E-state index is 0.361. The van der Waals surface area contributed by atoms with E-state index >= 15 is 0 Å². The Morgan fingerprint density at radius 3 is 2.83 bits per heavy atom. The van der Waals surface area contributed by atoms with Crippen LogP contribution in [0, 0.1) is 0 Å². The molecule has 1 aliphatic heterocycles. The molecule has 3 atom stereocenters. The fourth-order valence-corrected chi connectivity index (χ4v) is 3.35. The molecule has 0 spiro atoms. The average Bonchev–Trinajstić information content (AvgIpc) is 2.41. The Labute approximate surface area is 114 Å². The molecule has 1 aromatic heterocycles. The topological polar surface area (TPSA) is 28.2 Å². The highest BCUT2D eigenvalue weighted by Gasteiger charge is 2.25. The Bertz CT molecular complexity index is 379. The first-order valence-corrected chi connectivity index (χ1v) is 7.70. The highest BCUT2D eigenvalue weighted by Crippen LogP contribution is 2.28. The number of nitrogens with zero attached hydrogens (tertiary/aromatic N) is 2. The van der Waals surface area contributed by atoms with E-state index in [0.29, 0.717) is 17.3 Å². The molecule has 2 heterocycles. The molecule has 2 rings (SSSR count). The summed E-state index contributed by atoms with van der Waals surface area (Å²) < 4.78 is 0. The van der Waals surface area contributed by atoms with Gasteiger partial charge in [-0.1, -0.05) is 13.0 Å². The lowest BCUT2D eigenvalue weighted by Gasteiger charge is -2.38. The molecule has 1 aliphatic rings. The molecule has 1 aromatic rings. The second-order valence-electron chi connectivity index (χ2n) is 4.97. The number of nitrogens with one attached hydrogen (secondary N) is 1. The van der Waals surface area contributed by atoms with Crippen LogP contribution in [0.1, 0.15) is 32.4 Å². The van der Waals surface area contributed by atoms with E-state index in [4.69, 9.17) is 0 Å². The van der Waals surface area contributed by atoms with Crippen LogP contribution in [0.2, 0.25) is 0 Å². The molecule has 4 heteroatoms. The SMILES string of the molecule is CNC(C)c1ccc(N2CCSC(C)C2C)nc1. The van der Waals surface area contributed by atoms with Crippen LogP contribution in [-0.4, -0.2) is 35.6 Å². The van der Waals surface area contributed by atoms with Gasteiger partial charge in [-0.25, -0.2) is 4.98 Å². The predicted octanol–water partition coefficient (Wildman–Crippen LogP) is 2.69. The molecule has 0 saturated carbocycles. The first-order valence-electron chi connectivity index (χ1n) is 6.65. The first kappa shape index (κ1) is 13.7. The van der Waals surface area contributed by atoms with Crippen LogP contribution in [0.4, 0.5) is 5.82 Å². The Balaban J connectivity index is 2.13. The van der Waals surface area contributed by atoms with Crippen LogP contribution in [-0.2, 0) is 0 Å². The summed E-state index contributed by atoms with van der Waals surface area (Å²) in [6, 6.07) is 5.26. The molecule has 18 heavy (non-hydrogen) atoms. The monoisotopic (exact) mass is 265 g/mol. The number of hydrogen-bond acceptors (Lipinski definition) is 4. The van der Waals surface area contributed by atoms with E-state index < -0.39 is 0 Å². The summed E-state index contributed by atoms with van der Waals surface area (Å²) >= 11 is 2.06. The van der Waals surface area contributed by atoms with Crippen molar-refractivity contribution in [2.45, 2.75) is 38.1 Å². The number of pyridine rings is 1. The molecule has 1 fully saturated rings. The van der Waals surface area contributed by atoms with Gasteiger partial charge in [-0.3, -0.25) is 0 Å². The molecule has 3 unspecified atom stereocenters. The van der Waals surface area contributed by atoms with Crippen LogP contribution in [0.25, 0.3) is 0 Å². The Kier molecular flexibility index (Phi) is 4.51. The van der Waals surface area contributed by atoms with Gasteiger partial charge in [0, 0.05) is 35.8 Å². The molecule has 3 nitrogen and oxygen atoms in total.